The van der Waals surface area contributed by atoms with E-state index in [1.807, 2.05) is 44.4 Å². The lowest BCUT2D eigenvalue weighted by Gasteiger charge is -2.18. The molecule has 0 amide bonds. The van der Waals surface area contributed by atoms with Crippen molar-refractivity contribution in [2.45, 2.75) is 72.8 Å². The summed E-state index contributed by atoms with van der Waals surface area (Å²) in [5.41, 5.74) is 2.30. The van der Waals surface area contributed by atoms with Crippen LogP contribution in [0.1, 0.15) is 66.7 Å². The normalized spacial score (nSPS) is 15.5. The van der Waals surface area contributed by atoms with Crippen molar-refractivity contribution in [3.05, 3.63) is 47.6 Å². The molecule has 0 rings (SSSR count). The van der Waals surface area contributed by atoms with Crippen molar-refractivity contribution in [1.82, 2.24) is 0 Å². The van der Waals surface area contributed by atoms with Crippen LogP contribution in [0.25, 0.3) is 0 Å². The van der Waals surface area contributed by atoms with Crippen molar-refractivity contribution in [3.63, 3.8) is 0 Å². The van der Waals surface area contributed by atoms with Crippen LogP contribution in [0, 0.1) is 5.92 Å². The fourth-order valence-corrected chi connectivity index (χ4v) is 2.74. The van der Waals surface area contributed by atoms with E-state index in [4.69, 9.17) is 4.18 Å². The molecule has 0 saturated carbocycles. The van der Waals surface area contributed by atoms with Gasteiger partial charge in [-0.2, -0.15) is 0 Å². The molecule has 0 aromatic carbocycles. The second-order valence-electron chi connectivity index (χ2n) is 6.93. The monoisotopic (exact) mass is 392 g/mol. The van der Waals surface area contributed by atoms with Gasteiger partial charge in [-0.1, -0.05) is 55.9 Å². The van der Waals surface area contributed by atoms with Gasteiger partial charge in [0, 0.05) is 25.0 Å². The molecule has 0 heterocycles. The zero-order valence-electron chi connectivity index (χ0n) is 17.8. The maximum Gasteiger partial charge on any atom is 0.138 e. The molecule has 0 aliphatic heterocycles. The van der Waals surface area contributed by atoms with Crippen LogP contribution in [0.4, 0.5) is 0 Å². The predicted octanol–water partition coefficient (Wildman–Crippen LogP) is 6.42. The Morgan fingerprint density at radius 1 is 1.11 bits per heavy atom. The first-order valence-electron chi connectivity index (χ1n) is 9.69. The number of carbonyl (C=O) groups is 2. The molecule has 0 saturated heterocycles. The van der Waals surface area contributed by atoms with Gasteiger partial charge >= 0.3 is 0 Å². The molecule has 0 radical (unpaired) electrons. The van der Waals surface area contributed by atoms with Gasteiger partial charge in [0.2, 0.25) is 0 Å². The zero-order chi connectivity index (χ0) is 20.7. The first-order chi connectivity index (χ1) is 12.8. The molecule has 3 nitrogen and oxygen atoms in total. The second kappa shape index (κ2) is 15.6. The first kappa shape index (κ1) is 25.6. The highest BCUT2D eigenvalue weighted by Crippen LogP contribution is 2.20. The van der Waals surface area contributed by atoms with E-state index >= 15 is 0 Å². The maximum atomic E-state index is 12.5. The molecule has 0 aromatic heterocycles. The third-order valence-electron chi connectivity index (χ3n) is 4.43. The highest BCUT2D eigenvalue weighted by Gasteiger charge is 2.20. The van der Waals surface area contributed by atoms with E-state index in [0.29, 0.717) is 12.8 Å². The van der Waals surface area contributed by atoms with Gasteiger partial charge in [0.15, 0.2) is 0 Å². The van der Waals surface area contributed by atoms with Crippen LogP contribution >= 0.6 is 12.0 Å². The van der Waals surface area contributed by atoms with E-state index in [-0.39, 0.29) is 23.6 Å². The summed E-state index contributed by atoms with van der Waals surface area (Å²) in [6, 6.07) is 0. The van der Waals surface area contributed by atoms with Crippen molar-refractivity contribution in [1.29, 1.82) is 0 Å². The fraction of sp³-hybridized carbons (Fsp3) is 0.565. The summed E-state index contributed by atoms with van der Waals surface area (Å²) < 4.78 is 5.64. The molecule has 4 heteroatoms. The summed E-state index contributed by atoms with van der Waals surface area (Å²) in [5.74, 6) is 0.308. The molecule has 2 unspecified atom stereocenters. The number of ketones is 2. The Morgan fingerprint density at radius 3 is 2.41 bits per heavy atom. The third-order valence-corrected chi connectivity index (χ3v) is 4.86. The van der Waals surface area contributed by atoms with Gasteiger partial charge in [-0.15, -0.1) is 0 Å². The van der Waals surface area contributed by atoms with Crippen molar-refractivity contribution in [3.8, 4) is 0 Å². The van der Waals surface area contributed by atoms with Gasteiger partial charge in [-0.25, -0.2) is 0 Å². The van der Waals surface area contributed by atoms with Crippen molar-refractivity contribution >= 4 is 23.6 Å². The Labute approximate surface area is 170 Å². The quantitative estimate of drug-likeness (QED) is 0.194. The molecule has 0 fully saturated rings. The fourth-order valence-electron chi connectivity index (χ4n) is 2.29. The zero-order valence-corrected chi connectivity index (χ0v) is 18.6. The first-order valence-corrected chi connectivity index (χ1v) is 10.8. The molecule has 0 aliphatic rings. The Balaban J connectivity index is 4.48. The maximum absolute atomic E-state index is 12.5. The van der Waals surface area contributed by atoms with Crippen molar-refractivity contribution in [2.75, 3.05) is 6.26 Å². The minimum Gasteiger partial charge on any atom is -0.308 e. The average Bonchev–Trinajstić information content (AvgIpc) is 2.64. The van der Waals surface area contributed by atoms with Gasteiger partial charge in [-0.3, -0.25) is 9.59 Å². The van der Waals surface area contributed by atoms with Crippen LogP contribution in [-0.2, 0) is 13.8 Å². The Bertz CT molecular complexity index is 570. The topological polar surface area (TPSA) is 43.4 Å². The Kier molecular flexibility index (Phi) is 14.8. The van der Waals surface area contributed by atoms with Crippen LogP contribution in [0.5, 0.6) is 0 Å². The summed E-state index contributed by atoms with van der Waals surface area (Å²) in [6.45, 7) is 9.72. The predicted molar refractivity (Wildman–Crippen MR) is 118 cm³/mol. The standard InChI is InChI=1S/C23H36O3S/c1-7-18(2)13-11-9-8-10-12-14-19(3)22(25)17-23(26-27-6)20(4)15-16-21(5)24/h8-11,13,15,19,23H,7,12,14,16-17H2,1-6H3/b10-8+,11-9+,18-13+,20-15+. The molecular formula is C23H36O3S. The number of hydrogen-bond acceptors (Lipinski definition) is 4. The SMILES string of the molecule is CC/C(C)=C/C=C/C=C/CCC(C)C(=O)CC(OSC)/C(C)=C/CC(C)=O. The lowest BCUT2D eigenvalue weighted by atomic mass is 9.94. The van der Waals surface area contributed by atoms with E-state index in [0.717, 1.165) is 24.8 Å². The lowest BCUT2D eigenvalue weighted by Crippen LogP contribution is -2.21. The Hall–Kier alpha value is -1.39. The average molecular weight is 393 g/mol. The van der Waals surface area contributed by atoms with E-state index in [1.165, 1.54) is 17.6 Å². The molecule has 152 valence electrons. The van der Waals surface area contributed by atoms with Crippen LogP contribution in [0.15, 0.2) is 47.6 Å². The molecule has 0 bridgehead atoms. The van der Waals surface area contributed by atoms with Crippen molar-refractivity contribution < 1.29 is 13.8 Å². The van der Waals surface area contributed by atoms with E-state index in [2.05, 4.69) is 26.0 Å². The summed E-state index contributed by atoms with van der Waals surface area (Å²) in [4.78, 5) is 23.7. The summed E-state index contributed by atoms with van der Waals surface area (Å²) >= 11 is 1.26. The highest BCUT2D eigenvalue weighted by molar-refractivity contribution is 7.93. The number of carbonyl (C=O) groups excluding carboxylic acids is 2. The third kappa shape index (κ3) is 13.4. The smallest absolute Gasteiger partial charge is 0.138 e. The Morgan fingerprint density at radius 2 is 1.81 bits per heavy atom. The lowest BCUT2D eigenvalue weighted by molar-refractivity contribution is -0.123. The molecular weight excluding hydrogens is 356 g/mol. The summed E-state index contributed by atoms with van der Waals surface area (Å²) in [6.07, 6.45) is 17.3. The molecule has 27 heavy (non-hydrogen) atoms. The molecule has 2 atom stereocenters. The molecule has 0 spiro atoms. The van der Waals surface area contributed by atoms with Crippen LogP contribution in [-0.4, -0.2) is 23.9 Å². The van der Waals surface area contributed by atoms with Gasteiger partial charge in [0.25, 0.3) is 0 Å². The van der Waals surface area contributed by atoms with Gasteiger partial charge in [0.05, 0.1) is 6.10 Å². The van der Waals surface area contributed by atoms with Gasteiger partial charge < -0.3 is 4.18 Å². The number of allylic oxidation sites excluding steroid dienone is 7. The highest BCUT2D eigenvalue weighted by atomic mass is 32.2. The molecule has 0 N–H and O–H groups in total. The van der Waals surface area contributed by atoms with Crippen LogP contribution in [0.3, 0.4) is 0 Å². The number of rotatable bonds is 14. The number of Topliss-reactive ketones (excluding diaryl/α,β-unsaturated/α-hetero) is 2. The van der Waals surface area contributed by atoms with Gasteiger partial charge in [0.1, 0.15) is 11.6 Å². The van der Waals surface area contributed by atoms with Crippen LogP contribution < -0.4 is 0 Å². The molecule has 0 aromatic rings. The van der Waals surface area contributed by atoms with E-state index in [1.54, 1.807) is 6.92 Å². The largest absolute Gasteiger partial charge is 0.308 e. The summed E-state index contributed by atoms with van der Waals surface area (Å²) in [5, 5.41) is 0. The van der Waals surface area contributed by atoms with E-state index in [9.17, 15) is 9.59 Å². The molecule has 0 aliphatic carbocycles. The summed E-state index contributed by atoms with van der Waals surface area (Å²) in [7, 11) is 0. The minimum atomic E-state index is -0.263. The van der Waals surface area contributed by atoms with E-state index < -0.39 is 0 Å². The minimum absolute atomic E-state index is 0.00516. The number of hydrogen-bond donors (Lipinski definition) is 0. The van der Waals surface area contributed by atoms with Crippen LogP contribution in [0.2, 0.25) is 0 Å². The second-order valence-corrected chi connectivity index (χ2v) is 7.46. The van der Waals surface area contributed by atoms with Crippen molar-refractivity contribution in [2.24, 2.45) is 5.92 Å². The van der Waals surface area contributed by atoms with Gasteiger partial charge in [-0.05, 0) is 57.6 Å².